The number of aromatic carboxylic acids is 1. The molecule has 2 rings (SSSR count). The summed E-state index contributed by atoms with van der Waals surface area (Å²) in [6.45, 7) is 5.97. The number of nitrogens with one attached hydrogen (secondary N) is 2. The molecular weight excluding hydrogens is 342 g/mol. The van der Waals surface area contributed by atoms with E-state index in [2.05, 4.69) is 10.6 Å². The molecule has 0 bridgehead atoms. The number of hydrogen-bond acceptors (Lipinski definition) is 4. The number of rotatable bonds is 6. The van der Waals surface area contributed by atoms with E-state index in [4.69, 9.17) is 5.11 Å². The van der Waals surface area contributed by atoms with Gasteiger partial charge in [-0.1, -0.05) is 32.0 Å². The molecule has 2 aromatic carbocycles. The lowest BCUT2D eigenvalue weighted by molar-refractivity contribution is -0.112. The molecule has 1 amide bonds. The zero-order valence-electron chi connectivity index (χ0n) is 15.4. The van der Waals surface area contributed by atoms with Crippen molar-refractivity contribution in [1.29, 1.82) is 5.26 Å². The van der Waals surface area contributed by atoms with Gasteiger partial charge in [-0.3, -0.25) is 4.79 Å². The second kappa shape index (κ2) is 8.68. The van der Waals surface area contributed by atoms with Gasteiger partial charge in [0.2, 0.25) is 0 Å². The van der Waals surface area contributed by atoms with E-state index in [1.165, 1.54) is 18.3 Å². The van der Waals surface area contributed by atoms with Gasteiger partial charge in [0.05, 0.1) is 5.56 Å². The first-order valence-electron chi connectivity index (χ1n) is 8.44. The van der Waals surface area contributed by atoms with Gasteiger partial charge >= 0.3 is 5.97 Å². The predicted octanol–water partition coefficient (Wildman–Crippen LogP) is 4.27. The minimum atomic E-state index is -1.02. The van der Waals surface area contributed by atoms with E-state index in [0.717, 1.165) is 11.1 Å². The van der Waals surface area contributed by atoms with E-state index in [1.54, 1.807) is 12.1 Å². The lowest BCUT2D eigenvalue weighted by atomic mass is 9.98. The van der Waals surface area contributed by atoms with E-state index >= 15 is 0 Å². The minimum Gasteiger partial charge on any atom is -0.478 e. The Morgan fingerprint density at radius 1 is 1.15 bits per heavy atom. The molecule has 27 heavy (non-hydrogen) atoms. The summed E-state index contributed by atoms with van der Waals surface area (Å²) in [5.74, 6) is -1.31. The summed E-state index contributed by atoms with van der Waals surface area (Å²) < 4.78 is 0. The average molecular weight is 363 g/mol. The molecule has 0 heterocycles. The molecule has 0 saturated heterocycles. The molecule has 6 heteroatoms. The summed E-state index contributed by atoms with van der Waals surface area (Å²) >= 11 is 0. The van der Waals surface area contributed by atoms with Crippen molar-refractivity contribution in [2.75, 3.05) is 10.6 Å². The summed E-state index contributed by atoms with van der Waals surface area (Å²) in [6, 6.07) is 13.7. The minimum absolute atomic E-state index is 0.0877. The van der Waals surface area contributed by atoms with Crippen molar-refractivity contribution in [2.45, 2.75) is 26.7 Å². The van der Waals surface area contributed by atoms with Crippen LogP contribution in [-0.2, 0) is 4.79 Å². The maximum Gasteiger partial charge on any atom is 0.335 e. The molecule has 3 N–H and O–H groups in total. The van der Waals surface area contributed by atoms with Crippen LogP contribution in [0.4, 0.5) is 11.4 Å². The van der Waals surface area contributed by atoms with Crippen LogP contribution < -0.4 is 10.6 Å². The van der Waals surface area contributed by atoms with E-state index in [1.807, 2.05) is 45.0 Å². The summed E-state index contributed by atoms with van der Waals surface area (Å²) in [7, 11) is 0. The van der Waals surface area contributed by atoms with Crippen LogP contribution in [0.5, 0.6) is 0 Å². The second-order valence-electron chi connectivity index (χ2n) is 6.34. The highest BCUT2D eigenvalue weighted by atomic mass is 16.4. The first-order valence-corrected chi connectivity index (χ1v) is 8.44. The van der Waals surface area contributed by atoms with Gasteiger partial charge in [0.15, 0.2) is 0 Å². The Hall–Kier alpha value is -3.59. The zero-order valence-corrected chi connectivity index (χ0v) is 15.4. The highest BCUT2D eigenvalue weighted by Crippen LogP contribution is 2.27. The number of amides is 1. The van der Waals surface area contributed by atoms with Crippen LogP contribution in [0.3, 0.4) is 0 Å². The molecule has 0 atom stereocenters. The van der Waals surface area contributed by atoms with E-state index in [9.17, 15) is 14.9 Å². The van der Waals surface area contributed by atoms with E-state index < -0.39 is 11.9 Å². The summed E-state index contributed by atoms with van der Waals surface area (Å²) in [5.41, 5.74) is 3.27. The standard InChI is InChI=1S/C21H21N3O3/c1-13(2)18-6-4-5-14(3)19(18)24-20(25)16(11-22)12-23-17-9-7-15(8-10-17)21(26)27/h4-10,12-13,23H,1-3H3,(H,24,25)(H,26,27)/b16-12-. The molecule has 2 aromatic rings. The number of benzene rings is 2. The van der Waals surface area contributed by atoms with Crippen LogP contribution in [-0.4, -0.2) is 17.0 Å². The smallest absolute Gasteiger partial charge is 0.335 e. The molecule has 0 fully saturated rings. The van der Waals surface area contributed by atoms with Gasteiger partial charge in [-0.15, -0.1) is 0 Å². The van der Waals surface area contributed by atoms with Gasteiger partial charge in [-0.2, -0.15) is 5.26 Å². The fourth-order valence-electron chi connectivity index (χ4n) is 2.54. The molecule has 0 radical (unpaired) electrons. The number of para-hydroxylation sites is 1. The Morgan fingerprint density at radius 2 is 1.81 bits per heavy atom. The highest BCUT2D eigenvalue weighted by Gasteiger charge is 2.15. The Morgan fingerprint density at radius 3 is 2.37 bits per heavy atom. The predicted molar refractivity (Wildman–Crippen MR) is 105 cm³/mol. The fraction of sp³-hybridized carbons (Fsp3) is 0.190. The maximum atomic E-state index is 12.5. The van der Waals surface area contributed by atoms with Crippen LogP contribution in [0, 0.1) is 18.3 Å². The normalized spacial score (nSPS) is 11.0. The molecule has 0 aliphatic heterocycles. The highest BCUT2D eigenvalue weighted by molar-refractivity contribution is 6.07. The molecule has 0 aliphatic carbocycles. The Labute approximate surface area is 158 Å². The Balaban J connectivity index is 2.18. The molecule has 0 spiro atoms. The Bertz CT molecular complexity index is 923. The van der Waals surface area contributed by atoms with Crippen molar-refractivity contribution in [3.8, 4) is 6.07 Å². The van der Waals surface area contributed by atoms with Crippen LogP contribution in [0.2, 0.25) is 0 Å². The first kappa shape index (κ1) is 19.7. The van der Waals surface area contributed by atoms with Crippen molar-refractivity contribution in [2.24, 2.45) is 0 Å². The number of carboxylic acid groups (broad SMARTS) is 1. The number of nitrogens with zero attached hydrogens (tertiary/aromatic N) is 1. The summed E-state index contributed by atoms with van der Waals surface area (Å²) in [6.07, 6.45) is 1.30. The second-order valence-corrected chi connectivity index (χ2v) is 6.34. The zero-order chi connectivity index (χ0) is 20.0. The molecule has 0 aromatic heterocycles. The van der Waals surface area contributed by atoms with Crippen LogP contribution in [0.25, 0.3) is 0 Å². The third kappa shape index (κ3) is 4.95. The molecule has 6 nitrogen and oxygen atoms in total. The number of anilines is 2. The van der Waals surface area contributed by atoms with Crippen molar-refractivity contribution in [1.82, 2.24) is 0 Å². The number of nitriles is 1. The number of hydrogen-bond donors (Lipinski definition) is 3. The average Bonchev–Trinajstić information content (AvgIpc) is 2.64. The quantitative estimate of drug-likeness (QED) is 0.525. The Kier molecular flexibility index (Phi) is 6.34. The third-order valence-electron chi connectivity index (χ3n) is 4.05. The van der Waals surface area contributed by atoms with Crippen molar-refractivity contribution in [3.05, 3.63) is 70.9 Å². The van der Waals surface area contributed by atoms with Crippen molar-refractivity contribution < 1.29 is 14.7 Å². The van der Waals surface area contributed by atoms with Crippen molar-refractivity contribution >= 4 is 23.3 Å². The number of carbonyl (C=O) groups excluding carboxylic acids is 1. The van der Waals surface area contributed by atoms with Gasteiger partial charge in [-0.25, -0.2) is 4.79 Å². The van der Waals surface area contributed by atoms with Gasteiger partial charge in [0, 0.05) is 17.6 Å². The van der Waals surface area contributed by atoms with Gasteiger partial charge in [0.1, 0.15) is 11.6 Å². The van der Waals surface area contributed by atoms with E-state index in [-0.39, 0.29) is 17.1 Å². The summed E-state index contributed by atoms with van der Waals surface area (Å²) in [4.78, 5) is 23.4. The SMILES string of the molecule is Cc1cccc(C(C)C)c1NC(=O)/C(C#N)=C\Nc1ccc(C(=O)O)cc1. The first-order chi connectivity index (χ1) is 12.8. The maximum absolute atomic E-state index is 12.5. The molecule has 0 aliphatic rings. The van der Waals surface area contributed by atoms with Crippen LogP contribution in [0.1, 0.15) is 41.3 Å². The third-order valence-corrected chi connectivity index (χ3v) is 4.05. The lowest BCUT2D eigenvalue weighted by Crippen LogP contribution is -2.17. The van der Waals surface area contributed by atoms with Gasteiger partial charge in [-0.05, 0) is 48.2 Å². The summed E-state index contributed by atoms with van der Waals surface area (Å²) in [5, 5.41) is 23.9. The fourth-order valence-corrected chi connectivity index (χ4v) is 2.54. The van der Waals surface area contributed by atoms with Crippen LogP contribution in [0.15, 0.2) is 54.2 Å². The molecule has 0 saturated carbocycles. The van der Waals surface area contributed by atoms with E-state index in [0.29, 0.717) is 11.4 Å². The number of aryl methyl sites for hydroxylation is 1. The molecular formula is C21H21N3O3. The monoisotopic (exact) mass is 363 g/mol. The van der Waals surface area contributed by atoms with Gasteiger partial charge in [0.25, 0.3) is 5.91 Å². The van der Waals surface area contributed by atoms with Gasteiger partial charge < -0.3 is 15.7 Å². The number of carboxylic acids is 1. The topological polar surface area (TPSA) is 102 Å². The molecule has 138 valence electrons. The van der Waals surface area contributed by atoms with Crippen LogP contribution >= 0.6 is 0 Å². The molecule has 0 unspecified atom stereocenters. The largest absolute Gasteiger partial charge is 0.478 e. The number of carbonyl (C=O) groups is 2. The lowest BCUT2D eigenvalue weighted by Gasteiger charge is -2.16. The van der Waals surface area contributed by atoms with Crippen molar-refractivity contribution in [3.63, 3.8) is 0 Å².